The number of aromatic nitrogens is 2. The summed E-state index contributed by atoms with van der Waals surface area (Å²) in [6, 6.07) is 16.1. The molecular weight excluding hydrogens is 425 g/mol. The van der Waals surface area contributed by atoms with E-state index in [1.54, 1.807) is 37.0 Å². The Balaban J connectivity index is 1.97. The van der Waals surface area contributed by atoms with Gasteiger partial charge >= 0.3 is 0 Å². The predicted octanol–water partition coefficient (Wildman–Crippen LogP) is 3.86. The van der Waals surface area contributed by atoms with Crippen LogP contribution in [0.4, 0.5) is 4.39 Å². The fraction of sp³-hybridized carbons (Fsp3) is 0.400. The van der Waals surface area contributed by atoms with E-state index in [1.807, 2.05) is 37.3 Å². The van der Waals surface area contributed by atoms with Gasteiger partial charge in [-0.3, -0.25) is 4.90 Å². The van der Waals surface area contributed by atoms with Gasteiger partial charge in [0.25, 0.3) is 0 Å². The molecule has 0 unspecified atom stereocenters. The lowest BCUT2D eigenvalue weighted by atomic mass is 10.1. The van der Waals surface area contributed by atoms with Gasteiger partial charge in [-0.15, -0.1) is 0 Å². The fourth-order valence-corrected chi connectivity index (χ4v) is 3.57. The Morgan fingerprint density at radius 1 is 1.12 bits per heavy atom. The first-order chi connectivity index (χ1) is 16.0. The third-order valence-corrected chi connectivity index (χ3v) is 5.16. The molecule has 3 rings (SSSR count). The molecule has 1 heterocycles. The number of nitrogens with zero attached hydrogens (tertiary/aromatic N) is 3. The molecule has 0 aliphatic carbocycles. The van der Waals surface area contributed by atoms with Crippen LogP contribution >= 0.6 is 0 Å². The standard InChI is InChI=1S/C25H32FN3O4/c1-4-32-18-20(30)16-29(14-15-31-3)17-21-24(19-10-6-5-7-11-19)27-28(2)25(21)33-23-13-9-8-12-22(23)26/h5-13,20,30H,4,14-18H2,1-3H3/t20-/m1/s1. The first-order valence-electron chi connectivity index (χ1n) is 11.0. The van der Waals surface area contributed by atoms with Crippen molar-refractivity contribution in [3.63, 3.8) is 0 Å². The number of methoxy groups -OCH3 is 1. The molecule has 0 amide bonds. The Morgan fingerprint density at radius 3 is 2.55 bits per heavy atom. The molecule has 33 heavy (non-hydrogen) atoms. The number of ether oxygens (including phenoxy) is 3. The third kappa shape index (κ3) is 6.85. The Morgan fingerprint density at radius 2 is 1.85 bits per heavy atom. The Kier molecular flexibility index (Phi) is 9.38. The van der Waals surface area contributed by atoms with E-state index in [1.165, 1.54) is 6.07 Å². The van der Waals surface area contributed by atoms with Crippen molar-refractivity contribution in [1.29, 1.82) is 0 Å². The number of rotatable bonds is 13. The summed E-state index contributed by atoms with van der Waals surface area (Å²) < 4.78 is 32.7. The molecule has 0 saturated carbocycles. The molecule has 2 aromatic carbocycles. The van der Waals surface area contributed by atoms with Gasteiger partial charge in [0.1, 0.15) is 5.69 Å². The SMILES string of the molecule is CCOC[C@H](O)CN(CCOC)Cc1c(-c2ccccc2)nn(C)c1Oc1ccccc1F. The molecule has 8 heteroatoms. The zero-order valence-electron chi connectivity index (χ0n) is 19.4. The van der Waals surface area contributed by atoms with E-state index in [9.17, 15) is 9.50 Å². The van der Waals surface area contributed by atoms with E-state index in [-0.39, 0.29) is 12.4 Å². The largest absolute Gasteiger partial charge is 0.436 e. The van der Waals surface area contributed by atoms with Crippen molar-refractivity contribution < 1.29 is 23.7 Å². The van der Waals surface area contributed by atoms with Gasteiger partial charge in [-0.25, -0.2) is 9.07 Å². The molecule has 0 aliphatic rings. The van der Waals surface area contributed by atoms with Crippen molar-refractivity contribution in [3.8, 4) is 22.9 Å². The number of hydrogen-bond donors (Lipinski definition) is 1. The molecule has 1 aromatic heterocycles. The fourth-order valence-electron chi connectivity index (χ4n) is 3.57. The second kappa shape index (κ2) is 12.5. The highest BCUT2D eigenvalue weighted by Gasteiger charge is 2.24. The first-order valence-corrected chi connectivity index (χ1v) is 11.0. The number of halogens is 1. The number of hydrogen-bond acceptors (Lipinski definition) is 6. The molecule has 0 saturated heterocycles. The van der Waals surface area contributed by atoms with Crippen molar-refractivity contribution in [3.05, 3.63) is 66.0 Å². The summed E-state index contributed by atoms with van der Waals surface area (Å²) in [4.78, 5) is 2.06. The van der Waals surface area contributed by atoms with Gasteiger partial charge < -0.3 is 19.3 Å². The highest BCUT2D eigenvalue weighted by Crippen LogP contribution is 2.34. The molecule has 7 nitrogen and oxygen atoms in total. The smallest absolute Gasteiger partial charge is 0.222 e. The molecule has 178 valence electrons. The van der Waals surface area contributed by atoms with Crippen LogP contribution in [0.2, 0.25) is 0 Å². The average molecular weight is 458 g/mol. The zero-order chi connectivity index (χ0) is 23.6. The van der Waals surface area contributed by atoms with Crippen LogP contribution in [0.3, 0.4) is 0 Å². The Bertz CT molecular complexity index is 997. The molecule has 0 aliphatic heterocycles. The number of para-hydroxylation sites is 1. The summed E-state index contributed by atoms with van der Waals surface area (Å²) in [7, 11) is 3.41. The van der Waals surface area contributed by atoms with E-state index < -0.39 is 11.9 Å². The molecule has 0 bridgehead atoms. The van der Waals surface area contributed by atoms with Crippen molar-refractivity contribution in [1.82, 2.24) is 14.7 Å². The lowest BCUT2D eigenvalue weighted by Crippen LogP contribution is -2.36. The zero-order valence-corrected chi connectivity index (χ0v) is 19.4. The van der Waals surface area contributed by atoms with Gasteiger partial charge in [0.05, 0.1) is 24.9 Å². The van der Waals surface area contributed by atoms with Gasteiger partial charge in [-0.2, -0.15) is 5.10 Å². The lowest BCUT2D eigenvalue weighted by molar-refractivity contribution is 0.0148. The number of aliphatic hydroxyl groups is 1. The monoisotopic (exact) mass is 457 g/mol. The summed E-state index contributed by atoms with van der Waals surface area (Å²) >= 11 is 0. The van der Waals surface area contributed by atoms with Crippen LogP contribution in [0.1, 0.15) is 12.5 Å². The minimum atomic E-state index is -0.658. The molecule has 0 fully saturated rings. The Hall–Kier alpha value is -2.78. The summed E-state index contributed by atoms with van der Waals surface area (Å²) in [5.41, 5.74) is 2.46. The summed E-state index contributed by atoms with van der Waals surface area (Å²) in [5.74, 6) is 0.121. The van der Waals surface area contributed by atoms with Crippen LogP contribution in [0.5, 0.6) is 11.6 Å². The minimum absolute atomic E-state index is 0.126. The lowest BCUT2D eigenvalue weighted by Gasteiger charge is -2.25. The molecule has 0 radical (unpaired) electrons. The molecular formula is C25H32FN3O4. The normalized spacial score (nSPS) is 12.3. The maximum Gasteiger partial charge on any atom is 0.222 e. The van der Waals surface area contributed by atoms with Crippen LogP contribution in [0.15, 0.2) is 54.6 Å². The van der Waals surface area contributed by atoms with Crippen LogP contribution in [-0.4, -0.2) is 65.9 Å². The highest BCUT2D eigenvalue weighted by molar-refractivity contribution is 5.65. The molecule has 1 atom stereocenters. The maximum atomic E-state index is 14.4. The van der Waals surface area contributed by atoms with Crippen LogP contribution in [-0.2, 0) is 23.1 Å². The topological polar surface area (TPSA) is 69.0 Å². The van der Waals surface area contributed by atoms with E-state index in [4.69, 9.17) is 19.3 Å². The average Bonchev–Trinajstić information content (AvgIpc) is 3.13. The highest BCUT2D eigenvalue weighted by atomic mass is 19.1. The van der Waals surface area contributed by atoms with Gasteiger partial charge in [-0.05, 0) is 19.1 Å². The van der Waals surface area contributed by atoms with Crippen molar-refractivity contribution >= 4 is 0 Å². The van der Waals surface area contributed by atoms with E-state index >= 15 is 0 Å². The van der Waals surface area contributed by atoms with Crippen molar-refractivity contribution in [2.45, 2.75) is 19.6 Å². The molecule has 0 spiro atoms. The van der Waals surface area contributed by atoms with Gasteiger partial charge in [-0.1, -0.05) is 42.5 Å². The summed E-state index contributed by atoms with van der Waals surface area (Å²) in [6.07, 6.45) is -0.658. The number of aryl methyl sites for hydroxylation is 1. The van der Waals surface area contributed by atoms with Crippen LogP contribution in [0, 0.1) is 5.82 Å². The quantitative estimate of drug-likeness (QED) is 0.420. The second-order valence-electron chi connectivity index (χ2n) is 7.70. The molecule has 3 aromatic rings. The number of aliphatic hydroxyl groups excluding tert-OH is 1. The van der Waals surface area contributed by atoms with E-state index in [0.717, 1.165) is 16.8 Å². The molecule has 1 N–H and O–H groups in total. The van der Waals surface area contributed by atoms with E-state index in [0.29, 0.717) is 38.7 Å². The van der Waals surface area contributed by atoms with Crippen molar-refractivity contribution in [2.75, 3.05) is 40.0 Å². The van der Waals surface area contributed by atoms with Gasteiger partial charge in [0.15, 0.2) is 11.6 Å². The van der Waals surface area contributed by atoms with Crippen LogP contribution < -0.4 is 4.74 Å². The summed E-state index contributed by atoms with van der Waals surface area (Å²) in [6.45, 7) is 4.56. The minimum Gasteiger partial charge on any atom is -0.436 e. The third-order valence-electron chi connectivity index (χ3n) is 5.16. The predicted molar refractivity (Wildman–Crippen MR) is 125 cm³/mol. The Labute approximate surface area is 194 Å². The first kappa shape index (κ1) is 24.9. The second-order valence-corrected chi connectivity index (χ2v) is 7.70. The maximum absolute atomic E-state index is 14.4. The van der Waals surface area contributed by atoms with Crippen molar-refractivity contribution in [2.24, 2.45) is 7.05 Å². The summed E-state index contributed by atoms with van der Waals surface area (Å²) in [5, 5.41) is 15.1. The van der Waals surface area contributed by atoms with Gasteiger partial charge in [0.2, 0.25) is 5.88 Å². The van der Waals surface area contributed by atoms with Gasteiger partial charge in [0, 0.05) is 46.0 Å². The number of benzene rings is 2. The van der Waals surface area contributed by atoms with Crippen LogP contribution in [0.25, 0.3) is 11.3 Å². The van der Waals surface area contributed by atoms with E-state index in [2.05, 4.69) is 4.90 Å².